The molecule has 1 amide bonds. The van der Waals surface area contributed by atoms with Crippen molar-refractivity contribution in [2.45, 2.75) is 45.6 Å². The molecule has 0 bridgehead atoms. The third-order valence-corrected chi connectivity index (χ3v) is 4.95. The Bertz CT molecular complexity index is 744. The highest BCUT2D eigenvalue weighted by atomic mass is 16.5. The van der Waals surface area contributed by atoms with Crippen LogP contribution in [0.4, 0.5) is 5.69 Å². The van der Waals surface area contributed by atoms with Crippen LogP contribution in [0.3, 0.4) is 0 Å². The molecular weight excluding hydrogens is 314 g/mol. The number of carbonyl (C=O) groups is 1. The number of anilines is 1. The lowest BCUT2D eigenvalue weighted by Gasteiger charge is -2.47. The van der Waals surface area contributed by atoms with Gasteiger partial charge in [0.25, 0.3) is 5.91 Å². The van der Waals surface area contributed by atoms with Gasteiger partial charge in [0.1, 0.15) is 17.4 Å². The summed E-state index contributed by atoms with van der Waals surface area (Å²) in [5.41, 5.74) is 3.28. The van der Waals surface area contributed by atoms with Crippen LogP contribution in [0.25, 0.3) is 6.08 Å². The highest BCUT2D eigenvalue weighted by Crippen LogP contribution is 2.45. The van der Waals surface area contributed by atoms with Crippen molar-refractivity contribution < 1.29 is 9.53 Å². The van der Waals surface area contributed by atoms with Gasteiger partial charge in [0.05, 0.1) is 7.11 Å². The van der Waals surface area contributed by atoms with Crippen LogP contribution in [0.15, 0.2) is 17.7 Å². The molecule has 0 spiro atoms. The Morgan fingerprint density at radius 3 is 2.72 bits per heavy atom. The summed E-state index contributed by atoms with van der Waals surface area (Å²) in [6, 6.07) is 6.04. The molecule has 0 aliphatic carbocycles. The minimum Gasteiger partial charge on any atom is -0.496 e. The summed E-state index contributed by atoms with van der Waals surface area (Å²) < 4.78 is 5.55. The molecule has 1 N–H and O–H groups in total. The van der Waals surface area contributed by atoms with Crippen LogP contribution in [-0.2, 0) is 4.79 Å². The molecule has 1 aromatic carbocycles. The SMILES string of the molecule is CCN1c2cc(OC)c(/C=C(\C#N)C(=O)NC)cc2C(C)CC1(C)C. The minimum atomic E-state index is -0.397. The van der Waals surface area contributed by atoms with E-state index in [4.69, 9.17) is 4.74 Å². The van der Waals surface area contributed by atoms with Gasteiger partial charge < -0.3 is 15.0 Å². The van der Waals surface area contributed by atoms with Gasteiger partial charge in [0.2, 0.25) is 0 Å². The van der Waals surface area contributed by atoms with E-state index in [-0.39, 0.29) is 11.1 Å². The monoisotopic (exact) mass is 341 g/mol. The molecule has 1 heterocycles. The second kappa shape index (κ2) is 7.18. The number of amides is 1. The van der Waals surface area contributed by atoms with Crippen molar-refractivity contribution in [3.05, 3.63) is 28.8 Å². The molecule has 1 aliphatic heterocycles. The number of carbonyl (C=O) groups excluding carboxylic acids is 1. The number of benzene rings is 1. The summed E-state index contributed by atoms with van der Waals surface area (Å²) in [5.74, 6) is 0.654. The van der Waals surface area contributed by atoms with Crippen LogP contribution in [0.1, 0.15) is 51.2 Å². The number of hydrogen-bond acceptors (Lipinski definition) is 4. The Morgan fingerprint density at radius 1 is 1.52 bits per heavy atom. The number of rotatable bonds is 4. The second-order valence-corrected chi connectivity index (χ2v) is 7.06. The fourth-order valence-electron chi connectivity index (χ4n) is 3.85. The molecule has 0 saturated carbocycles. The average molecular weight is 341 g/mol. The van der Waals surface area contributed by atoms with E-state index in [2.05, 4.69) is 44.0 Å². The Morgan fingerprint density at radius 2 is 2.20 bits per heavy atom. The lowest BCUT2D eigenvalue weighted by Crippen LogP contribution is -2.48. The Hall–Kier alpha value is -2.48. The van der Waals surface area contributed by atoms with Crippen molar-refractivity contribution in [1.29, 1.82) is 5.26 Å². The Balaban J connectivity index is 2.64. The predicted octanol–water partition coefficient (Wildman–Crippen LogP) is 3.46. The van der Waals surface area contributed by atoms with Crippen molar-refractivity contribution in [2.75, 3.05) is 25.6 Å². The van der Waals surface area contributed by atoms with Crippen molar-refractivity contribution in [3.63, 3.8) is 0 Å². The van der Waals surface area contributed by atoms with Gasteiger partial charge >= 0.3 is 0 Å². The summed E-state index contributed by atoms with van der Waals surface area (Å²) >= 11 is 0. The normalized spacial score (nSPS) is 19.0. The first-order chi connectivity index (χ1) is 11.8. The summed E-state index contributed by atoms with van der Waals surface area (Å²) in [6.07, 6.45) is 2.64. The number of likely N-dealkylation sites (N-methyl/N-ethyl adjacent to an activating group) is 1. The van der Waals surface area contributed by atoms with Crippen molar-refractivity contribution in [3.8, 4) is 11.8 Å². The Kier molecular flexibility index (Phi) is 5.42. The predicted molar refractivity (Wildman–Crippen MR) is 101 cm³/mol. The maximum Gasteiger partial charge on any atom is 0.261 e. The number of nitrogens with zero attached hydrogens (tertiary/aromatic N) is 2. The minimum absolute atomic E-state index is 0.0666. The van der Waals surface area contributed by atoms with Gasteiger partial charge in [-0.3, -0.25) is 4.79 Å². The van der Waals surface area contributed by atoms with Crippen molar-refractivity contribution >= 4 is 17.7 Å². The maximum atomic E-state index is 11.8. The molecule has 0 radical (unpaired) electrons. The summed E-state index contributed by atoms with van der Waals surface area (Å²) in [6.45, 7) is 9.80. The second-order valence-electron chi connectivity index (χ2n) is 7.06. The van der Waals surface area contributed by atoms with E-state index in [0.717, 1.165) is 18.5 Å². The van der Waals surface area contributed by atoms with Crippen LogP contribution in [0.5, 0.6) is 5.75 Å². The van der Waals surface area contributed by atoms with Crippen molar-refractivity contribution in [2.24, 2.45) is 0 Å². The molecule has 25 heavy (non-hydrogen) atoms. The van der Waals surface area contributed by atoms with E-state index in [1.807, 2.05) is 12.1 Å². The third kappa shape index (κ3) is 3.48. The average Bonchev–Trinajstić information content (AvgIpc) is 2.58. The zero-order valence-electron chi connectivity index (χ0n) is 15.9. The van der Waals surface area contributed by atoms with E-state index >= 15 is 0 Å². The highest BCUT2D eigenvalue weighted by Gasteiger charge is 2.36. The standard InChI is InChI=1S/C20H27N3O2/c1-7-23-17-10-18(25-6)14(8-15(12-21)19(24)22-5)9-16(17)13(2)11-20(23,3)4/h8-10,13H,7,11H2,1-6H3,(H,22,24)/b15-8+. The molecule has 1 aliphatic rings. The van der Waals surface area contributed by atoms with E-state index < -0.39 is 5.91 Å². The van der Waals surface area contributed by atoms with Gasteiger partial charge in [0.15, 0.2) is 0 Å². The summed E-state index contributed by atoms with van der Waals surface area (Å²) in [4.78, 5) is 14.2. The molecule has 134 valence electrons. The topological polar surface area (TPSA) is 65.4 Å². The van der Waals surface area contributed by atoms with Crippen LogP contribution in [-0.4, -0.2) is 32.1 Å². The maximum absolute atomic E-state index is 11.8. The first-order valence-electron chi connectivity index (χ1n) is 8.62. The van der Waals surface area contributed by atoms with Gasteiger partial charge in [0, 0.05) is 36.4 Å². The van der Waals surface area contributed by atoms with E-state index in [1.165, 1.54) is 18.3 Å². The van der Waals surface area contributed by atoms with Gasteiger partial charge in [-0.25, -0.2) is 0 Å². The quantitative estimate of drug-likeness (QED) is 0.673. The first kappa shape index (κ1) is 18.9. The van der Waals surface area contributed by atoms with Crippen LogP contribution in [0, 0.1) is 11.3 Å². The summed E-state index contributed by atoms with van der Waals surface area (Å²) in [5, 5.41) is 11.8. The van der Waals surface area contributed by atoms with Crippen molar-refractivity contribution in [1.82, 2.24) is 5.32 Å². The number of ether oxygens (including phenoxy) is 1. The molecule has 0 fully saturated rings. The number of hydrogen-bond donors (Lipinski definition) is 1. The molecule has 1 unspecified atom stereocenters. The zero-order valence-corrected chi connectivity index (χ0v) is 15.9. The number of methoxy groups -OCH3 is 1. The molecule has 5 nitrogen and oxygen atoms in total. The number of nitrogens with one attached hydrogen (secondary N) is 1. The molecule has 1 aromatic rings. The lowest BCUT2D eigenvalue weighted by atomic mass is 9.79. The molecule has 0 saturated heterocycles. The molecule has 5 heteroatoms. The van der Waals surface area contributed by atoms with Crippen LogP contribution in [0.2, 0.25) is 0 Å². The van der Waals surface area contributed by atoms with Crippen LogP contribution >= 0.6 is 0 Å². The van der Waals surface area contributed by atoms with E-state index in [1.54, 1.807) is 13.2 Å². The zero-order chi connectivity index (χ0) is 18.8. The van der Waals surface area contributed by atoms with E-state index in [9.17, 15) is 10.1 Å². The highest BCUT2D eigenvalue weighted by molar-refractivity contribution is 6.02. The smallest absolute Gasteiger partial charge is 0.261 e. The molecule has 1 atom stereocenters. The van der Waals surface area contributed by atoms with Gasteiger partial charge in [-0.15, -0.1) is 0 Å². The number of nitriles is 1. The van der Waals surface area contributed by atoms with Gasteiger partial charge in [-0.2, -0.15) is 5.26 Å². The molecule has 2 rings (SSSR count). The van der Waals surface area contributed by atoms with Gasteiger partial charge in [-0.05, 0) is 50.8 Å². The fraction of sp³-hybridized carbons (Fsp3) is 0.500. The van der Waals surface area contributed by atoms with Gasteiger partial charge in [-0.1, -0.05) is 6.92 Å². The van der Waals surface area contributed by atoms with E-state index in [0.29, 0.717) is 11.7 Å². The van der Waals surface area contributed by atoms with Crippen LogP contribution < -0.4 is 15.0 Å². The lowest BCUT2D eigenvalue weighted by molar-refractivity contribution is -0.116. The fourth-order valence-corrected chi connectivity index (χ4v) is 3.85. The third-order valence-electron chi connectivity index (χ3n) is 4.95. The first-order valence-corrected chi connectivity index (χ1v) is 8.62. The Labute approximate surface area is 150 Å². The summed E-state index contributed by atoms with van der Waals surface area (Å²) in [7, 11) is 3.12. The largest absolute Gasteiger partial charge is 0.496 e. The molecular formula is C20H27N3O2. The number of fused-ring (bicyclic) bond motifs is 1. The molecule has 0 aromatic heterocycles.